The molecule has 1 aromatic heterocycles. The summed E-state index contributed by atoms with van der Waals surface area (Å²) in [7, 11) is 0. The Labute approximate surface area is 169 Å². The lowest BCUT2D eigenvalue weighted by molar-refractivity contribution is -0.119. The van der Waals surface area contributed by atoms with Gasteiger partial charge in [-0.15, -0.1) is 10.2 Å². The molecule has 1 unspecified atom stereocenters. The number of amides is 2. The molecule has 0 aliphatic carbocycles. The molecular formula is C20H25N7O2. The van der Waals surface area contributed by atoms with Crippen LogP contribution in [-0.2, 0) is 29.0 Å². The van der Waals surface area contributed by atoms with Crippen LogP contribution in [0.3, 0.4) is 0 Å². The van der Waals surface area contributed by atoms with Crippen molar-refractivity contribution in [3.63, 3.8) is 0 Å². The van der Waals surface area contributed by atoms with Crippen LogP contribution in [0.2, 0.25) is 0 Å². The summed E-state index contributed by atoms with van der Waals surface area (Å²) in [6, 6.07) is 8.58. The van der Waals surface area contributed by atoms with Gasteiger partial charge in [-0.25, -0.2) is 0 Å². The number of aromatic nitrogens is 3. The number of hydrazone groups is 1. The second-order valence-corrected chi connectivity index (χ2v) is 7.35. The van der Waals surface area contributed by atoms with E-state index in [2.05, 4.69) is 25.2 Å². The number of rotatable bonds is 6. The second-order valence-electron chi connectivity index (χ2n) is 7.35. The summed E-state index contributed by atoms with van der Waals surface area (Å²) >= 11 is 0. The zero-order valence-electron chi connectivity index (χ0n) is 16.3. The van der Waals surface area contributed by atoms with Crippen molar-refractivity contribution in [3.05, 3.63) is 42.0 Å². The van der Waals surface area contributed by atoms with Gasteiger partial charge in [0.1, 0.15) is 23.4 Å². The topological polar surface area (TPSA) is 118 Å². The summed E-state index contributed by atoms with van der Waals surface area (Å²) in [5, 5.41) is 17.3. The maximum absolute atomic E-state index is 12.6. The SMILES string of the molecule is NC(=O)C1CC(C(=O)NCCc2nnc3n2CCCCC3)=NN1c1ccccc1. The fourth-order valence-electron chi connectivity index (χ4n) is 3.81. The molecule has 0 fully saturated rings. The monoisotopic (exact) mass is 395 g/mol. The molecule has 9 nitrogen and oxygen atoms in total. The first kappa shape index (κ1) is 19.1. The molecule has 2 aliphatic rings. The molecule has 3 N–H and O–H groups in total. The van der Waals surface area contributed by atoms with E-state index in [1.165, 1.54) is 11.4 Å². The van der Waals surface area contributed by atoms with Crippen LogP contribution in [-0.4, -0.2) is 44.9 Å². The quantitative estimate of drug-likeness (QED) is 0.749. The molecule has 0 bridgehead atoms. The van der Waals surface area contributed by atoms with E-state index in [9.17, 15) is 9.59 Å². The van der Waals surface area contributed by atoms with Crippen molar-refractivity contribution in [3.8, 4) is 0 Å². The third kappa shape index (κ3) is 4.13. The fourth-order valence-corrected chi connectivity index (χ4v) is 3.81. The Hall–Kier alpha value is -3.23. The van der Waals surface area contributed by atoms with Crippen LogP contribution in [0.4, 0.5) is 5.69 Å². The number of benzene rings is 1. The zero-order chi connectivity index (χ0) is 20.2. The number of hydrogen-bond donors (Lipinski definition) is 2. The normalized spacial score (nSPS) is 18.7. The number of primary amides is 1. The summed E-state index contributed by atoms with van der Waals surface area (Å²) < 4.78 is 2.17. The summed E-state index contributed by atoms with van der Waals surface area (Å²) in [6.07, 6.45) is 5.24. The molecule has 29 heavy (non-hydrogen) atoms. The minimum atomic E-state index is -0.662. The van der Waals surface area contributed by atoms with Crippen molar-refractivity contribution in [2.75, 3.05) is 11.6 Å². The van der Waals surface area contributed by atoms with E-state index in [-0.39, 0.29) is 12.3 Å². The molecule has 2 amide bonds. The van der Waals surface area contributed by atoms with Crippen molar-refractivity contribution in [2.24, 2.45) is 10.8 Å². The predicted octanol–water partition coefficient (Wildman–Crippen LogP) is 0.783. The van der Waals surface area contributed by atoms with E-state index in [1.807, 2.05) is 30.3 Å². The average molecular weight is 395 g/mol. The molecule has 0 spiro atoms. The molecular weight excluding hydrogens is 370 g/mol. The molecule has 1 aromatic carbocycles. The first-order valence-corrected chi connectivity index (χ1v) is 10.0. The van der Waals surface area contributed by atoms with Crippen LogP contribution in [0.15, 0.2) is 35.4 Å². The third-order valence-electron chi connectivity index (χ3n) is 5.34. The molecule has 3 heterocycles. The highest BCUT2D eigenvalue weighted by atomic mass is 16.2. The maximum atomic E-state index is 12.6. The maximum Gasteiger partial charge on any atom is 0.267 e. The molecule has 1 atom stereocenters. The number of hydrogen-bond acceptors (Lipinski definition) is 6. The molecule has 9 heteroatoms. The number of aryl methyl sites for hydroxylation is 1. The van der Waals surface area contributed by atoms with E-state index in [1.54, 1.807) is 0 Å². The van der Waals surface area contributed by atoms with Gasteiger partial charge in [0, 0.05) is 32.4 Å². The lowest BCUT2D eigenvalue weighted by atomic mass is 10.1. The van der Waals surface area contributed by atoms with Crippen molar-refractivity contribution >= 4 is 23.2 Å². The number of carbonyl (C=O) groups is 2. The van der Waals surface area contributed by atoms with Gasteiger partial charge in [-0.05, 0) is 25.0 Å². The van der Waals surface area contributed by atoms with Crippen LogP contribution in [0.25, 0.3) is 0 Å². The lowest BCUT2D eigenvalue weighted by Gasteiger charge is -2.20. The van der Waals surface area contributed by atoms with Gasteiger partial charge in [0.25, 0.3) is 5.91 Å². The zero-order valence-corrected chi connectivity index (χ0v) is 16.3. The first-order valence-electron chi connectivity index (χ1n) is 10.0. The Morgan fingerprint density at radius 3 is 2.76 bits per heavy atom. The number of anilines is 1. The highest BCUT2D eigenvalue weighted by Crippen LogP contribution is 2.24. The number of nitrogens with zero attached hydrogens (tertiary/aromatic N) is 5. The minimum Gasteiger partial charge on any atom is -0.368 e. The van der Waals surface area contributed by atoms with Gasteiger partial charge in [0.05, 0.1) is 5.69 Å². The number of fused-ring (bicyclic) bond motifs is 1. The third-order valence-corrected chi connectivity index (χ3v) is 5.34. The van der Waals surface area contributed by atoms with Crippen LogP contribution in [0.1, 0.15) is 37.3 Å². The van der Waals surface area contributed by atoms with Crippen molar-refractivity contribution in [2.45, 2.75) is 51.1 Å². The number of para-hydroxylation sites is 1. The van der Waals surface area contributed by atoms with Gasteiger partial charge in [-0.3, -0.25) is 14.6 Å². The van der Waals surface area contributed by atoms with Crippen molar-refractivity contribution < 1.29 is 9.59 Å². The highest BCUT2D eigenvalue weighted by Gasteiger charge is 2.34. The molecule has 0 radical (unpaired) electrons. The average Bonchev–Trinajstić information content (AvgIpc) is 3.27. The Balaban J connectivity index is 1.38. The van der Waals surface area contributed by atoms with E-state index < -0.39 is 11.9 Å². The Bertz CT molecular complexity index is 922. The van der Waals surface area contributed by atoms with E-state index in [4.69, 9.17) is 5.73 Å². The number of nitrogens with two attached hydrogens (primary N) is 1. The van der Waals surface area contributed by atoms with Gasteiger partial charge in [-0.2, -0.15) is 5.10 Å². The van der Waals surface area contributed by atoms with Crippen molar-refractivity contribution in [1.82, 2.24) is 20.1 Å². The summed E-state index contributed by atoms with van der Waals surface area (Å²) in [6.45, 7) is 1.37. The molecule has 2 aromatic rings. The Morgan fingerprint density at radius 1 is 1.14 bits per heavy atom. The number of nitrogens with one attached hydrogen (secondary N) is 1. The molecule has 4 rings (SSSR count). The van der Waals surface area contributed by atoms with Gasteiger partial charge in [-0.1, -0.05) is 24.6 Å². The van der Waals surface area contributed by atoms with Crippen LogP contribution in [0, 0.1) is 0 Å². The molecule has 0 saturated carbocycles. The van der Waals surface area contributed by atoms with Crippen LogP contribution < -0.4 is 16.1 Å². The van der Waals surface area contributed by atoms with Gasteiger partial charge >= 0.3 is 0 Å². The largest absolute Gasteiger partial charge is 0.368 e. The molecule has 0 saturated heterocycles. The van der Waals surface area contributed by atoms with Crippen LogP contribution >= 0.6 is 0 Å². The van der Waals surface area contributed by atoms with Gasteiger partial charge in [0.2, 0.25) is 5.91 Å². The molecule has 2 aliphatic heterocycles. The lowest BCUT2D eigenvalue weighted by Crippen LogP contribution is -2.40. The fraction of sp³-hybridized carbons (Fsp3) is 0.450. The first-order chi connectivity index (χ1) is 14.1. The standard InChI is InChI=1S/C20H25N7O2/c21-19(28)16-13-15(25-27(16)14-7-3-1-4-8-14)20(29)22-11-10-18-24-23-17-9-5-2-6-12-26(17)18/h1,3-4,7-8,16H,2,5-6,9-13H2,(H2,21,28)(H,22,29). The van der Waals surface area contributed by atoms with E-state index in [0.29, 0.717) is 18.7 Å². The van der Waals surface area contributed by atoms with E-state index in [0.717, 1.165) is 43.1 Å². The highest BCUT2D eigenvalue weighted by molar-refractivity contribution is 6.40. The molecule has 152 valence electrons. The van der Waals surface area contributed by atoms with Crippen molar-refractivity contribution in [1.29, 1.82) is 0 Å². The van der Waals surface area contributed by atoms with E-state index >= 15 is 0 Å². The van der Waals surface area contributed by atoms with Crippen LogP contribution in [0.5, 0.6) is 0 Å². The summed E-state index contributed by atoms with van der Waals surface area (Å²) in [5.74, 6) is 1.14. The Kier molecular flexibility index (Phi) is 5.55. The minimum absolute atomic E-state index is 0.191. The van der Waals surface area contributed by atoms with Gasteiger partial charge < -0.3 is 15.6 Å². The predicted molar refractivity (Wildman–Crippen MR) is 108 cm³/mol. The number of carbonyl (C=O) groups excluding carboxylic acids is 2. The van der Waals surface area contributed by atoms with Gasteiger partial charge in [0.15, 0.2) is 0 Å². The second kappa shape index (κ2) is 8.42. The smallest absolute Gasteiger partial charge is 0.267 e. The Morgan fingerprint density at radius 2 is 1.97 bits per heavy atom. The summed E-state index contributed by atoms with van der Waals surface area (Å²) in [4.78, 5) is 24.4. The summed E-state index contributed by atoms with van der Waals surface area (Å²) in [5.41, 5.74) is 6.56.